The molecule has 5 rings (SSSR count). The second-order valence-corrected chi connectivity index (χ2v) is 7.43. The number of aromatic nitrogens is 3. The lowest BCUT2D eigenvalue weighted by molar-refractivity contribution is -0.137. The Labute approximate surface area is 166 Å². The summed E-state index contributed by atoms with van der Waals surface area (Å²) in [5.41, 5.74) is -1.34. The number of aryl methyl sites for hydroxylation is 1. The highest BCUT2D eigenvalue weighted by Crippen LogP contribution is 2.49. The Hall–Kier alpha value is -3.50. The molecule has 1 amide bonds. The van der Waals surface area contributed by atoms with Gasteiger partial charge in [0.1, 0.15) is 11.5 Å². The van der Waals surface area contributed by atoms with Gasteiger partial charge in [-0.05, 0) is 31.5 Å². The van der Waals surface area contributed by atoms with E-state index in [-0.39, 0.29) is 29.7 Å². The van der Waals surface area contributed by atoms with E-state index in [0.29, 0.717) is 12.2 Å². The number of halogens is 3. The zero-order valence-corrected chi connectivity index (χ0v) is 15.6. The number of hydrogen-bond donors (Lipinski definition) is 1. The molecule has 11 heteroatoms. The zero-order chi connectivity index (χ0) is 21.4. The van der Waals surface area contributed by atoms with Crippen molar-refractivity contribution < 1.29 is 27.6 Å². The number of imidazole rings is 1. The SMILES string of the molecule is Cc1cc(C(=O)N2CC3CC2c2c(O)n(-c4cccc(C(F)(F)F)c4)c(=O)n23)no1. The third-order valence-electron chi connectivity index (χ3n) is 5.60. The molecule has 3 aromatic rings. The number of benzene rings is 1. The van der Waals surface area contributed by atoms with Gasteiger partial charge in [-0.3, -0.25) is 9.36 Å². The highest BCUT2D eigenvalue weighted by molar-refractivity contribution is 5.93. The van der Waals surface area contributed by atoms with Crippen molar-refractivity contribution in [2.75, 3.05) is 6.54 Å². The van der Waals surface area contributed by atoms with Crippen LogP contribution in [0.1, 0.15) is 46.0 Å². The van der Waals surface area contributed by atoms with Crippen LogP contribution in [0.4, 0.5) is 13.2 Å². The Kier molecular flexibility index (Phi) is 3.71. The van der Waals surface area contributed by atoms with Crippen molar-refractivity contribution >= 4 is 5.91 Å². The molecule has 1 fully saturated rings. The molecule has 0 radical (unpaired) electrons. The van der Waals surface area contributed by atoms with Crippen LogP contribution in [0.5, 0.6) is 5.88 Å². The van der Waals surface area contributed by atoms with Gasteiger partial charge in [0.2, 0.25) is 5.88 Å². The first-order valence-electron chi connectivity index (χ1n) is 9.15. The minimum absolute atomic E-state index is 0.0985. The quantitative estimate of drug-likeness (QED) is 0.688. The van der Waals surface area contributed by atoms with Gasteiger partial charge in [-0.1, -0.05) is 11.2 Å². The van der Waals surface area contributed by atoms with E-state index in [1.165, 1.54) is 27.7 Å². The van der Waals surface area contributed by atoms with E-state index in [9.17, 15) is 27.9 Å². The molecule has 30 heavy (non-hydrogen) atoms. The van der Waals surface area contributed by atoms with Crippen molar-refractivity contribution in [1.29, 1.82) is 0 Å². The van der Waals surface area contributed by atoms with Crippen LogP contribution in [0.25, 0.3) is 5.69 Å². The molecule has 1 saturated heterocycles. The lowest BCUT2D eigenvalue weighted by Crippen LogP contribution is -2.38. The first-order valence-corrected chi connectivity index (χ1v) is 9.15. The molecular formula is C19H15F3N4O4. The van der Waals surface area contributed by atoms with Crippen molar-refractivity contribution in [2.24, 2.45) is 0 Å². The van der Waals surface area contributed by atoms with E-state index >= 15 is 0 Å². The summed E-state index contributed by atoms with van der Waals surface area (Å²) in [6.45, 7) is 1.88. The normalized spacial score (nSPS) is 20.1. The summed E-state index contributed by atoms with van der Waals surface area (Å²) < 4.78 is 46.4. The molecule has 2 atom stereocenters. The minimum Gasteiger partial charge on any atom is -0.493 e. The molecule has 0 spiro atoms. The summed E-state index contributed by atoms with van der Waals surface area (Å²) in [5.74, 6) is -0.400. The fourth-order valence-electron chi connectivity index (χ4n) is 4.34. The van der Waals surface area contributed by atoms with Crippen molar-refractivity contribution in [1.82, 2.24) is 19.2 Å². The summed E-state index contributed by atoms with van der Waals surface area (Å²) in [6.07, 6.45) is -4.15. The average molecular weight is 420 g/mol. The molecule has 1 aromatic carbocycles. The van der Waals surface area contributed by atoms with Gasteiger partial charge in [0.05, 0.1) is 23.3 Å². The monoisotopic (exact) mass is 420 g/mol. The fraction of sp³-hybridized carbons (Fsp3) is 0.316. The highest BCUT2D eigenvalue weighted by Gasteiger charge is 2.49. The molecule has 2 unspecified atom stereocenters. The Bertz CT molecular complexity index is 1240. The number of carbonyl (C=O) groups excluding carboxylic acids is 1. The van der Waals surface area contributed by atoms with Crippen LogP contribution in [0.15, 0.2) is 39.6 Å². The summed E-state index contributed by atoms with van der Waals surface area (Å²) in [7, 11) is 0. The van der Waals surface area contributed by atoms with Crippen molar-refractivity contribution in [3.63, 3.8) is 0 Å². The van der Waals surface area contributed by atoms with Crippen LogP contribution >= 0.6 is 0 Å². The lowest BCUT2D eigenvalue weighted by Gasteiger charge is -2.26. The first kappa shape index (κ1) is 18.5. The third-order valence-corrected chi connectivity index (χ3v) is 5.60. The number of likely N-dealkylation sites (tertiary alicyclic amines) is 1. The van der Waals surface area contributed by atoms with E-state index in [4.69, 9.17) is 4.52 Å². The van der Waals surface area contributed by atoms with Gasteiger partial charge in [0.25, 0.3) is 5.91 Å². The molecule has 156 valence electrons. The van der Waals surface area contributed by atoms with Gasteiger partial charge in [-0.15, -0.1) is 0 Å². The summed E-state index contributed by atoms with van der Waals surface area (Å²) in [4.78, 5) is 27.2. The third kappa shape index (κ3) is 2.50. The van der Waals surface area contributed by atoms with Gasteiger partial charge in [0.15, 0.2) is 5.69 Å². The van der Waals surface area contributed by atoms with Gasteiger partial charge in [0, 0.05) is 12.6 Å². The number of rotatable bonds is 2. The largest absolute Gasteiger partial charge is 0.493 e. The number of hydrogen-bond acceptors (Lipinski definition) is 5. The first-order chi connectivity index (χ1) is 14.2. The predicted molar refractivity (Wildman–Crippen MR) is 95.4 cm³/mol. The molecule has 0 saturated carbocycles. The van der Waals surface area contributed by atoms with E-state index < -0.39 is 35.3 Å². The number of fused-ring (bicyclic) bond motifs is 5. The van der Waals surface area contributed by atoms with Crippen molar-refractivity contribution in [2.45, 2.75) is 31.6 Å². The second-order valence-electron chi connectivity index (χ2n) is 7.43. The maximum Gasteiger partial charge on any atom is 0.416 e. The van der Waals surface area contributed by atoms with Crippen LogP contribution in [0.2, 0.25) is 0 Å². The zero-order valence-electron chi connectivity index (χ0n) is 15.6. The van der Waals surface area contributed by atoms with Crippen LogP contribution in [-0.4, -0.2) is 36.7 Å². The predicted octanol–water partition coefficient (Wildman–Crippen LogP) is 2.80. The molecule has 2 aromatic heterocycles. The van der Waals surface area contributed by atoms with E-state index in [0.717, 1.165) is 16.7 Å². The van der Waals surface area contributed by atoms with Crippen molar-refractivity contribution in [3.05, 3.63) is 63.5 Å². The van der Waals surface area contributed by atoms with E-state index in [2.05, 4.69) is 5.16 Å². The number of alkyl halides is 3. The standard InChI is InChI=1S/C19H15F3N4O4/c1-9-5-13(23-30-9)16(27)24-8-12-7-14(24)15-17(28)26(18(29)25(12)15)11-4-2-3-10(6-11)19(20,21)22/h2-6,12,14,28H,7-8H2,1H3. The smallest absolute Gasteiger partial charge is 0.416 e. The molecule has 4 heterocycles. The Balaban J connectivity index is 1.57. The van der Waals surface area contributed by atoms with E-state index in [1.807, 2.05) is 0 Å². The average Bonchev–Trinajstić information content (AvgIpc) is 3.44. The number of amides is 1. The molecule has 1 N–H and O–H groups in total. The molecule has 2 bridgehead atoms. The van der Waals surface area contributed by atoms with E-state index in [1.54, 1.807) is 6.92 Å². The molecule has 2 aliphatic heterocycles. The molecule has 2 aliphatic rings. The topological polar surface area (TPSA) is 93.5 Å². The number of nitrogens with zero attached hydrogens (tertiary/aromatic N) is 4. The summed E-state index contributed by atoms with van der Waals surface area (Å²) in [5, 5.41) is 14.5. The minimum atomic E-state index is -4.59. The van der Waals surface area contributed by atoms with Crippen molar-refractivity contribution in [3.8, 4) is 11.6 Å². The Morgan fingerprint density at radius 3 is 2.73 bits per heavy atom. The number of aromatic hydroxyl groups is 1. The summed E-state index contributed by atoms with van der Waals surface area (Å²) >= 11 is 0. The maximum absolute atomic E-state index is 13.1. The Morgan fingerprint density at radius 2 is 2.07 bits per heavy atom. The fourth-order valence-corrected chi connectivity index (χ4v) is 4.34. The van der Waals surface area contributed by atoms with Gasteiger partial charge >= 0.3 is 11.9 Å². The van der Waals surface area contributed by atoms with Gasteiger partial charge in [-0.2, -0.15) is 13.2 Å². The summed E-state index contributed by atoms with van der Waals surface area (Å²) in [6, 6.07) is 4.71. The molecule has 0 aliphatic carbocycles. The molecule has 8 nitrogen and oxygen atoms in total. The maximum atomic E-state index is 13.1. The van der Waals surface area contributed by atoms with Gasteiger partial charge < -0.3 is 14.5 Å². The van der Waals surface area contributed by atoms with Crippen LogP contribution in [0, 0.1) is 6.92 Å². The highest BCUT2D eigenvalue weighted by atomic mass is 19.4. The number of carbonyl (C=O) groups is 1. The molecular weight excluding hydrogens is 405 g/mol. The second kappa shape index (κ2) is 6.00. The van der Waals surface area contributed by atoms with Crippen LogP contribution in [0.3, 0.4) is 0 Å². The lowest BCUT2D eigenvalue weighted by atomic mass is 10.1. The Morgan fingerprint density at radius 1 is 1.30 bits per heavy atom. The van der Waals surface area contributed by atoms with Gasteiger partial charge in [-0.25, -0.2) is 9.36 Å². The van der Waals surface area contributed by atoms with Crippen LogP contribution < -0.4 is 5.69 Å². The van der Waals surface area contributed by atoms with Crippen LogP contribution in [-0.2, 0) is 6.18 Å².